The summed E-state index contributed by atoms with van der Waals surface area (Å²) in [6, 6.07) is 11.4. The number of hydrogen-bond acceptors (Lipinski definition) is 7. The molecule has 2 aromatic heterocycles. The minimum Gasteiger partial charge on any atom is -0.339 e. The van der Waals surface area contributed by atoms with E-state index in [-0.39, 0.29) is 18.1 Å². The van der Waals surface area contributed by atoms with Crippen LogP contribution in [0, 0.1) is 12.7 Å². The Morgan fingerprint density at radius 3 is 2.81 bits per heavy atom. The van der Waals surface area contributed by atoms with Crippen LogP contribution < -0.4 is 5.32 Å². The number of thioether (sulfide) groups is 1. The zero-order valence-electron chi connectivity index (χ0n) is 16.9. The molecule has 4 aromatic rings. The Bertz CT molecular complexity index is 1210. The van der Waals surface area contributed by atoms with Crippen molar-refractivity contribution in [1.82, 2.24) is 25.3 Å². The molecule has 2 heterocycles. The molecular formula is C21H18ClFN6O2S. The zero-order valence-corrected chi connectivity index (χ0v) is 18.5. The minimum absolute atomic E-state index is 0.182. The van der Waals surface area contributed by atoms with Gasteiger partial charge in [0.2, 0.25) is 17.0 Å². The first kappa shape index (κ1) is 22.0. The van der Waals surface area contributed by atoms with Crippen LogP contribution >= 0.6 is 23.4 Å². The molecule has 32 heavy (non-hydrogen) atoms. The van der Waals surface area contributed by atoms with Gasteiger partial charge in [-0.25, -0.2) is 9.37 Å². The van der Waals surface area contributed by atoms with Gasteiger partial charge in [-0.1, -0.05) is 40.7 Å². The highest BCUT2D eigenvalue weighted by atomic mass is 35.5. The van der Waals surface area contributed by atoms with E-state index in [2.05, 4.69) is 30.6 Å². The van der Waals surface area contributed by atoms with Gasteiger partial charge in [0, 0.05) is 18.4 Å². The van der Waals surface area contributed by atoms with Gasteiger partial charge in [-0.3, -0.25) is 9.89 Å². The molecule has 0 aliphatic heterocycles. The predicted molar refractivity (Wildman–Crippen MR) is 119 cm³/mol. The smallest absolute Gasteiger partial charge is 0.227 e. The Morgan fingerprint density at radius 2 is 2.03 bits per heavy atom. The van der Waals surface area contributed by atoms with Crippen LogP contribution in [-0.4, -0.2) is 31.2 Å². The van der Waals surface area contributed by atoms with Gasteiger partial charge in [0.1, 0.15) is 5.82 Å². The van der Waals surface area contributed by atoms with Crippen molar-refractivity contribution in [3.63, 3.8) is 0 Å². The van der Waals surface area contributed by atoms with Gasteiger partial charge in [-0.05, 0) is 42.8 Å². The van der Waals surface area contributed by atoms with E-state index in [1.807, 2.05) is 19.1 Å². The van der Waals surface area contributed by atoms with Crippen molar-refractivity contribution in [3.05, 3.63) is 70.6 Å². The number of para-hydroxylation sites is 1. The number of nitrogens with one attached hydrogen (secondary N) is 2. The monoisotopic (exact) mass is 472 g/mol. The Hall–Kier alpha value is -3.24. The van der Waals surface area contributed by atoms with Crippen LogP contribution in [0.1, 0.15) is 23.7 Å². The summed E-state index contributed by atoms with van der Waals surface area (Å²) in [5.41, 5.74) is 2.23. The molecule has 0 aliphatic rings. The number of H-pyrrole nitrogens is 1. The fourth-order valence-corrected chi connectivity index (χ4v) is 3.75. The van der Waals surface area contributed by atoms with Crippen LogP contribution in [-0.2, 0) is 17.0 Å². The van der Waals surface area contributed by atoms with Gasteiger partial charge in [-0.15, -0.1) is 5.10 Å². The summed E-state index contributed by atoms with van der Waals surface area (Å²) in [7, 11) is 0. The van der Waals surface area contributed by atoms with Crippen molar-refractivity contribution in [3.8, 4) is 11.4 Å². The lowest BCUT2D eigenvalue weighted by Crippen LogP contribution is -2.13. The Labute approximate surface area is 192 Å². The Morgan fingerprint density at radius 1 is 1.22 bits per heavy atom. The van der Waals surface area contributed by atoms with Gasteiger partial charge in [0.15, 0.2) is 11.6 Å². The second-order valence-corrected chi connectivity index (χ2v) is 8.20. The van der Waals surface area contributed by atoms with Crippen LogP contribution in [0.5, 0.6) is 0 Å². The normalized spacial score (nSPS) is 11.0. The summed E-state index contributed by atoms with van der Waals surface area (Å²) in [5.74, 6) is 1.28. The number of carbonyl (C=O) groups is 1. The van der Waals surface area contributed by atoms with E-state index in [1.165, 1.54) is 23.9 Å². The van der Waals surface area contributed by atoms with Crippen LogP contribution in [0.3, 0.4) is 0 Å². The Balaban J connectivity index is 1.27. The molecule has 8 nitrogen and oxygen atoms in total. The van der Waals surface area contributed by atoms with Crippen molar-refractivity contribution in [2.75, 3.05) is 5.32 Å². The fourth-order valence-electron chi connectivity index (χ4n) is 2.84. The highest BCUT2D eigenvalue weighted by Gasteiger charge is 2.13. The lowest BCUT2D eigenvalue weighted by Gasteiger charge is -2.09. The molecule has 164 valence electrons. The molecule has 0 bridgehead atoms. The quantitative estimate of drug-likeness (QED) is 0.354. The summed E-state index contributed by atoms with van der Waals surface area (Å²) in [4.78, 5) is 20.9. The maximum absolute atomic E-state index is 13.0. The van der Waals surface area contributed by atoms with E-state index < -0.39 is 0 Å². The molecule has 0 atom stereocenters. The first-order valence-corrected chi connectivity index (χ1v) is 11.0. The second kappa shape index (κ2) is 9.92. The molecule has 0 unspecified atom stereocenters. The summed E-state index contributed by atoms with van der Waals surface area (Å²) < 4.78 is 18.3. The average Bonchev–Trinajstić information content (AvgIpc) is 3.44. The number of aromatic amines is 1. The zero-order chi connectivity index (χ0) is 22.5. The molecular weight excluding hydrogens is 455 g/mol. The van der Waals surface area contributed by atoms with E-state index >= 15 is 0 Å². The van der Waals surface area contributed by atoms with Crippen molar-refractivity contribution in [2.45, 2.75) is 30.7 Å². The minimum atomic E-state index is -0.313. The number of halogens is 2. The van der Waals surface area contributed by atoms with Crippen LogP contribution in [0.4, 0.5) is 10.1 Å². The van der Waals surface area contributed by atoms with E-state index in [0.717, 1.165) is 11.1 Å². The average molecular weight is 473 g/mol. The van der Waals surface area contributed by atoms with Crippen molar-refractivity contribution >= 4 is 35.0 Å². The number of aryl methyl sites for hydroxylation is 2. The number of aromatic nitrogens is 5. The van der Waals surface area contributed by atoms with Crippen LogP contribution in [0.2, 0.25) is 5.02 Å². The Kier molecular flexibility index (Phi) is 6.81. The summed E-state index contributed by atoms with van der Waals surface area (Å²) in [6.07, 6.45) is 0.490. The number of amides is 1. The number of rotatable bonds is 8. The third kappa shape index (κ3) is 5.51. The molecule has 0 radical (unpaired) electrons. The fraction of sp³-hybridized carbons (Fsp3) is 0.190. The molecule has 2 aromatic carbocycles. The van der Waals surface area contributed by atoms with Gasteiger partial charge in [0.25, 0.3) is 0 Å². The predicted octanol–water partition coefficient (Wildman–Crippen LogP) is 4.82. The van der Waals surface area contributed by atoms with Crippen LogP contribution in [0.25, 0.3) is 11.4 Å². The molecule has 0 saturated heterocycles. The lowest BCUT2D eigenvalue weighted by atomic mass is 10.2. The SMILES string of the molecule is Cc1cccc(Cl)c1NC(=O)CCc1nc(CSc2n[nH]c(-c3ccc(F)cc3)n2)no1. The van der Waals surface area contributed by atoms with E-state index in [1.54, 1.807) is 18.2 Å². The van der Waals surface area contributed by atoms with Crippen molar-refractivity contribution in [2.24, 2.45) is 0 Å². The summed E-state index contributed by atoms with van der Waals surface area (Å²) >= 11 is 7.46. The molecule has 1 amide bonds. The molecule has 4 rings (SSSR count). The number of hydrogen-bond donors (Lipinski definition) is 2. The number of nitrogens with zero attached hydrogens (tertiary/aromatic N) is 4. The largest absolute Gasteiger partial charge is 0.339 e. The third-order valence-corrected chi connectivity index (χ3v) is 5.63. The molecule has 2 N–H and O–H groups in total. The van der Waals surface area contributed by atoms with E-state index in [9.17, 15) is 9.18 Å². The molecule has 11 heteroatoms. The highest BCUT2D eigenvalue weighted by Crippen LogP contribution is 2.25. The first-order chi connectivity index (χ1) is 15.5. The van der Waals surface area contributed by atoms with Gasteiger partial charge < -0.3 is 9.84 Å². The maximum atomic E-state index is 13.0. The summed E-state index contributed by atoms with van der Waals surface area (Å²) in [5, 5.41) is 14.7. The number of anilines is 1. The molecule has 0 saturated carbocycles. The highest BCUT2D eigenvalue weighted by molar-refractivity contribution is 7.98. The third-order valence-electron chi connectivity index (χ3n) is 4.48. The molecule has 0 fully saturated rings. The topological polar surface area (TPSA) is 110 Å². The van der Waals surface area contributed by atoms with E-state index in [4.69, 9.17) is 16.1 Å². The number of benzene rings is 2. The number of carbonyl (C=O) groups excluding carboxylic acids is 1. The first-order valence-electron chi connectivity index (χ1n) is 9.65. The van der Waals surface area contributed by atoms with Gasteiger partial charge >= 0.3 is 0 Å². The standard InChI is InChI=1S/C21H18ClFN6O2S/c1-12-3-2-4-15(22)19(12)25-17(30)9-10-18-24-16(29-31-18)11-32-21-26-20(27-28-21)13-5-7-14(23)8-6-13/h2-8H,9-11H2,1H3,(H,25,30)(H,26,27,28). The van der Waals surface area contributed by atoms with E-state index in [0.29, 0.717) is 45.6 Å². The van der Waals surface area contributed by atoms with Crippen LogP contribution in [0.15, 0.2) is 52.1 Å². The molecule has 0 spiro atoms. The maximum Gasteiger partial charge on any atom is 0.227 e. The van der Waals surface area contributed by atoms with Crippen molar-refractivity contribution in [1.29, 1.82) is 0 Å². The molecule has 0 aliphatic carbocycles. The lowest BCUT2D eigenvalue weighted by molar-refractivity contribution is -0.116. The van der Waals surface area contributed by atoms with Gasteiger partial charge in [0.05, 0.1) is 16.5 Å². The summed E-state index contributed by atoms with van der Waals surface area (Å²) in [6.45, 7) is 1.88. The van der Waals surface area contributed by atoms with Crippen molar-refractivity contribution < 1.29 is 13.7 Å². The second-order valence-electron chi connectivity index (χ2n) is 6.85. The van der Waals surface area contributed by atoms with Gasteiger partial charge in [-0.2, -0.15) is 4.98 Å².